The van der Waals surface area contributed by atoms with Crippen molar-refractivity contribution in [2.75, 3.05) is 0 Å². The topological polar surface area (TPSA) is 52.0 Å². The maximum atomic E-state index is 6.61. The molecule has 1 aliphatic rings. The minimum Gasteiger partial charge on any atom is -0.328 e. The monoisotopic (exact) mass is 260 g/mol. The Morgan fingerprint density at radius 1 is 0.947 bits per heavy atom. The number of aryl methyl sites for hydroxylation is 2. The van der Waals surface area contributed by atoms with Crippen LogP contribution < -0.4 is 11.5 Å². The lowest BCUT2D eigenvalue weighted by atomic mass is 9.77. The van der Waals surface area contributed by atoms with Gasteiger partial charge < -0.3 is 11.5 Å². The van der Waals surface area contributed by atoms with E-state index in [1.165, 1.54) is 40.7 Å². The molecular weight excluding hydrogens is 232 g/mol. The van der Waals surface area contributed by atoms with Crippen molar-refractivity contribution in [1.82, 2.24) is 0 Å². The molecule has 1 atom stereocenters. The lowest BCUT2D eigenvalue weighted by molar-refractivity contribution is 0.284. The van der Waals surface area contributed by atoms with E-state index in [0.717, 1.165) is 12.8 Å². The van der Waals surface area contributed by atoms with Crippen molar-refractivity contribution in [2.45, 2.75) is 65.5 Å². The lowest BCUT2D eigenvalue weighted by Gasteiger charge is -2.33. The van der Waals surface area contributed by atoms with Gasteiger partial charge in [0.05, 0.1) is 0 Å². The Morgan fingerprint density at radius 2 is 1.42 bits per heavy atom. The van der Waals surface area contributed by atoms with Crippen LogP contribution in [0.2, 0.25) is 0 Å². The van der Waals surface area contributed by atoms with Crippen LogP contribution in [-0.4, -0.2) is 6.04 Å². The highest BCUT2D eigenvalue weighted by Crippen LogP contribution is 2.36. The first kappa shape index (κ1) is 14.5. The molecule has 0 spiro atoms. The third-order valence-corrected chi connectivity index (χ3v) is 5.08. The van der Waals surface area contributed by atoms with E-state index in [0.29, 0.717) is 12.0 Å². The molecular formula is C17H28N2. The molecule has 1 unspecified atom stereocenters. The first-order valence-corrected chi connectivity index (χ1v) is 7.50. The molecule has 1 fully saturated rings. The second kappa shape index (κ2) is 5.64. The summed E-state index contributed by atoms with van der Waals surface area (Å²) in [4.78, 5) is 0. The summed E-state index contributed by atoms with van der Waals surface area (Å²) < 4.78 is 0. The highest BCUT2D eigenvalue weighted by atomic mass is 14.7. The smallest absolute Gasteiger partial charge is 0.0329 e. The average Bonchev–Trinajstić information content (AvgIpc) is 2.37. The van der Waals surface area contributed by atoms with Crippen molar-refractivity contribution in [3.63, 3.8) is 0 Å². The minimum atomic E-state index is 0.172. The standard InChI is InChI=1S/C17H28N2/c1-10-9-11(2)13(4)16(12(10)3)17(19)14-5-7-15(18)8-6-14/h9,14-15,17H,5-8,18-19H2,1-4H3. The summed E-state index contributed by atoms with van der Waals surface area (Å²) in [5.74, 6) is 0.596. The summed E-state index contributed by atoms with van der Waals surface area (Å²) >= 11 is 0. The molecule has 0 aromatic heterocycles. The number of benzene rings is 1. The molecule has 1 aromatic carbocycles. The third kappa shape index (κ3) is 2.85. The molecule has 19 heavy (non-hydrogen) atoms. The van der Waals surface area contributed by atoms with Gasteiger partial charge in [0.25, 0.3) is 0 Å². The fourth-order valence-electron chi connectivity index (χ4n) is 3.49. The largest absolute Gasteiger partial charge is 0.328 e. The summed E-state index contributed by atoms with van der Waals surface area (Å²) in [6, 6.07) is 2.84. The van der Waals surface area contributed by atoms with Gasteiger partial charge in [-0.3, -0.25) is 0 Å². The van der Waals surface area contributed by atoms with Crippen LogP contribution in [0.3, 0.4) is 0 Å². The zero-order valence-corrected chi connectivity index (χ0v) is 12.8. The van der Waals surface area contributed by atoms with E-state index >= 15 is 0 Å². The van der Waals surface area contributed by atoms with Crippen LogP contribution in [0.5, 0.6) is 0 Å². The maximum Gasteiger partial charge on any atom is 0.0329 e. The van der Waals surface area contributed by atoms with Crippen molar-refractivity contribution in [3.05, 3.63) is 33.9 Å². The summed E-state index contributed by atoms with van der Waals surface area (Å²) in [5.41, 5.74) is 19.5. The van der Waals surface area contributed by atoms with Gasteiger partial charge in [0.15, 0.2) is 0 Å². The fourth-order valence-corrected chi connectivity index (χ4v) is 3.49. The maximum absolute atomic E-state index is 6.61. The fraction of sp³-hybridized carbons (Fsp3) is 0.647. The quantitative estimate of drug-likeness (QED) is 0.856. The molecule has 1 saturated carbocycles. The van der Waals surface area contributed by atoms with Gasteiger partial charge in [-0.05, 0) is 87.1 Å². The molecule has 0 saturated heterocycles. The molecule has 1 aromatic rings. The molecule has 2 heteroatoms. The van der Waals surface area contributed by atoms with Crippen molar-refractivity contribution in [3.8, 4) is 0 Å². The van der Waals surface area contributed by atoms with Gasteiger partial charge in [0.1, 0.15) is 0 Å². The summed E-state index contributed by atoms with van der Waals surface area (Å²) in [6.45, 7) is 8.81. The van der Waals surface area contributed by atoms with Gasteiger partial charge in [0.2, 0.25) is 0 Å². The van der Waals surface area contributed by atoms with Crippen LogP contribution in [0, 0.1) is 33.6 Å². The SMILES string of the molecule is Cc1cc(C)c(C)c(C(N)C2CCC(N)CC2)c1C. The number of hydrogen-bond donors (Lipinski definition) is 2. The zero-order valence-electron chi connectivity index (χ0n) is 12.8. The molecule has 106 valence electrons. The van der Waals surface area contributed by atoms with Crippen LogP contribution in [0.4, 0.5) is 0 Å². The van der Waals surface area contributed by atoms with Gasteiger partial charge in [0, 0.05) is 12.1 Å². The van der Waals surface area contributed by atoms with E-state index in [-0.39, 0.29) is 6.04 Å². The first-order valence-electron chi connectivity index (χ1n) is 7.50. The predicted molar refractivity (Wildman–Crippen MR) is 82.3 cm³/mol. The van der Waals surface area contributed by atoms with Crippen LogP contribution in [0.15, 0.2) is 6.07 Å². The Hall–Kier alpha value is -0.860. The van der Waals surface area contributed by atoms with Gasteiger partial charge in [-0.2, -0.15) is 0 Å². The average molecular weight is 260 g/mol. The van der Waals surface area contributed by atoms with Crippen molar-refractivity contribution in [2.24, 2.45) is 17.4 Å². The van der Waals surface area contributed by atoms with Crippen LogP contribution >= 0.6 is 0 Å². The number of rotatable bonds is 2. The Bertz CT molecular complexity index is 431. The Labute approximate surface area is 117 Å². The summed E-state index contributed by atoms with van der Waals surface area (Å²) in [5, 5.41) is 0. The van der Waals surface area contributed by atoms with Gasteiger partial charge in [-0.15, -0.1) is 0 Å². The van der Waals surface area contributed by atoms with Gasteiger partial charge in [-0.25, -0.2) is 0 Å². The number of hydrogen-bond acceptors (Lipinski definition) is 2. The molecule has 0 aliphatic heterocycles. The summed E-state index contributed by atoms with van der Waals surface area (Å²) in [7, 11) is 0. The second-order valence-corrected chi connectivity index (χ2v) is 6.37. The number of nitrogens with two attached hydrogens (primary N) is 2. The molecule has 2 nitrogen and oxygen atoms in total. The predicted octanol–water partition coefficient (Wildman–Crippen LogP) is 3.44. The molecule has 0 radical (unpaired) electrons. The minimum absolute atomic E-state index is 0.172. The molecule has 4 N–H and O–H groups in total. The Kier molecular flexibility index (Phi) is 4.32. The molecule has 2 rings (SSSR count). The van der Waals surface area contributed by atoms with Crippen molar-refractivity contribution in [1.29, 1.82) is 0 Å². The van der Waals surface area contributed by atoms with E-state index in [1.54, 1.807) is 0 Å². The summed E-state index contributed by atoms with van der Waals surface area (Å²) in [6.07, 6.45) is 4.60. The van der Waals surface area contributed by atoms with E-state index in [2.05, 4.69) is 33.8 Å². The van der Waals surface area contributed by atoms with E-state index < -0.39 is 0 Å². The molecule has 1 aliphatic carbocycles. The molecule has 0 amide bonds. The highest BCUT2D eigenvalue weighted by molar-refractivity contribution is 5.45. The Morgan fingerprint density at radius 3 is 1.89 bits per heavy atom. The Balaban J connectivity index is 2.31. The van der Waals surface area contributed by atoms with Gasteiger partial charge in [-0.1, -0.05) is 6.07 Å². The molecule has 0 heterocycles. The van der Waals surface area contributed by atoms with Crippen molar-refractivity contribution >= 4 is 0 Å². The highest BCUT2D eigenvalue weighted by Gasteiger charge is 2.27. The second-order valence-electron chi connectivity index (χ2n) is 6.37. The van der Waals surface area contributed by atoms with E-state index in [9.17, 15) is 0 Å². The van der Waals surface area contributed by atoms with E-state index in [4.69, 9.17) is 11.5 Å². The first-order chi connectivity index (χ1) is 8.91. The normalized spacial score (nSPS) is 25.4. The van der Waals surface area contributed by atoms with Crippen molar-refractivity contribution < 1.29 is 0 Å². The lowest BCUT2D eigenvalue weighted by Crippen LogP contribution is -2.32. The van der Waals surface area contributed by atoms with Crippen LogP contribution in [0.25, 0.3) is 0 Å². The van der Waals surface area contributed by atoms with Gasteiger partial charge >= 0.3 is 0 Å². The third-order valence-electron chi connectivity index (χ3n) is 5.08. The van der Waals surface area contributed by atoms with Crippen LogP contribution in [0.1, 0.15) is 59.5 Å². The van der Waals surface area contributed by atoms with E-state index in [1.807, 2.05) is 0 Å². The zero-order chi connectivity index (χ0) is 14.2. The molecule has 0 bridgehead atoms. The van der Waals surface area contributed by atoms with Crippen LogP contribution in [-0.2, 0) is 0 Å².